The van der Waals surface area contributed by atoms with E-state index in [1.807, 2.05) is 85.0 Å². The third-order valence-electron chi connectivity index (χ3n) is 6.92. The Kier molecular flexibility index (Phi) is 6.65. The Morgan fingerprint density at radius 3 is 2.38 bits per heavy atom. The van der Waals surface area contributed by atoms with Crippen LogP contribution in [0.5, 0.6) is 0 Å². The van der Waals surface area contributed by atoms with Crippen LogP contribution >= 0.6 is 0 Å². The SMILES string of the molecule is CCCC(=O)N(C)Cc1nccn1-c1ccc(N2CCc3c(C)nn(-c4ccc(C)cc4)c3C2=O)cc1. The van der Waals surface area contributed by atoms with E-state index in [-0.39, 0.29) is 11.8 Å². The number of carbonyl (C=O) groups excluding carboxylic acids is 2. The van der Waals surface area contributed by atoms with Crippen LogP contribution in [0.3, 0.4) is 0 Å². The zero-order valence-electron chi connectivity index (χ0n) is 21.8. The minimum atomic E-state index is -0.0467. The molecule has 0 saturated carbocycles. The monoisotopic (exact) mass is 496 g/mol. The second-order valence-corrected chi connectivity index (χ2v) is 9.60. The molecule has 8 nitrogen and oxygen atoms in total. The van der Waals surface area contributed by atoms with Crippen LogP contribution in [0.1, 0.15) is 52.9 Å². The summed E-state index contributed by atoms with van der Waals surface area (Å²) in [4.78, 5) is 33.9. The van der Waals surface area contributed by atoms with Crippen molar-refractivity contribution in [3.05, 3.63) is 89.3 Å². The number of imidazole rings is 1. The molecule has 0 fully saturated rings. The largest absolute Gasteiger partial charge is 0.338 e. The average Bonchev–Trinajstić information content (AvgIpc) is 3.49. The molecule has 5 rings (SSSR count). The van der Waals surface area contributed by atoms with E-state index in [2.05, 4.69) is 4.98 Å². The van der Waals surface area contributed by atoms with Gasteiger partial charge in [-0.1, -0.05) is 24.6 Å². The third kappa shape index (κ3) is 4.67. The van der Waals surface area contributed by atoms with Gasteiger partial charge in [0.25, 0.3) is 5.91 Å². The van der Waals surface area contributed by atoms with Gasteiger partial charge < -0.3 is 14.4 Å². The smallest absolute Gasteiger partial charge is 0.277 e. The third-order valence-corrected chi connectivity index (χ3v) is 6.92. The van der Waals surface area contributed by atoms with Gasteiger partial charge in [-0.05, 0) is 63.1 Å². The summed E-state index contributed by atoms with van der Waals surface area (Å²) in [5.41, 5.74) is 6.36. The number of aryl methyl sites for hydroxylation is 2. The van der Waals surface area contributed by atoms with Gasteiger partial charge in [-0.15, -0.1) is 0 Å². The molecule has 0 spiro atoms. The molecule has 0 aliphatic carbocycles. The lowest BCUT2D eigenvalue weighted by Crippen LogP contribution is -2.38. The topological polar surface area (TPSA) is 76.3 Å². The lowest BCUT2D eigenvalue weighted by molar-refractivity contribution is -0.130. The van der Waals surface area contributed by atoms with Gasteiger partial charge in [0.15, 0.2) is 0 Å². The van der Waals surface area contributed by atoms with E-state index in [0.29, 0.717) is 25.2 Å². The van der Waals surface area contributed by atoms with Gasteiger partial charge in [-0.3, -0.25) is 9.59 Å². The van der Waals surface area contributed by atoms with Gasteiger partial charge in [0.2, 0.25) is 5.91 Å². The number of fused-ring (bicyclic) bond motifs is 1. The van der Waals surface area contributed by atoms with Crippen LogP contribution < -0.4 is 4.90 Å². The molecule has 1 aliphatic heterocycles. The molecule has 0 N–H and O–H groups in total. The van der Waals surface area contributed by atoms with Gasteiger partial charge >= 0.3 is 0 Å². The van der Waals surface area contributed by atoms with E-state index < -0.39 is 0 Å². The quantitative estimate of drug-likeness (QED) is 0.374. The average molecular weight is 497 g/mol. The predicted octanol–water partition coefficient (Wildman–Crippen LogP) is 4.64. The van der Waals surface area contributed by atoms with E-state index in [0.717, 1.165) is 52.5 Å². The molecule has 8 heteroatoms. The highest BCUT2D eigenvalue weighted by molar-refractivity contribution is 6.07. The Hall–Kier alpha value is -4.20. The standard InChI is InChI=1S/C29H32N6O2/c1-5-6-27(36)32(4)19-26-30-16-18-33(26)22-11-13-23(14-12-22)34-17-15-25-21(3)31-35(28(25)29(34)37)24-9-7-20(2)8-10-24/h7-14,16,18H,5-6,15,17,19H2,1-4H3. The van der Waals surface area contributed by atoms with Crippen LogP contribution in [0.4, 0.5) is 5.69 Å². The number of benzene rings is 2. The van der Waals surface area contributed by atoms with Crippen molar-refractivity contribution >= 4 is 17.5 Å². The molecule has 2 aromatic heterocycles. The maximum Gasteiger partial charge on any atom is 0.277 e. The van der Waals surface area contributed by atoms with E-state index in [9.17, 15) is 9.59 Å². The summed E-state index contributed by atoms with van der Waals surface area (Å²) < 4.78 is 3.76. The first-order chi connectivity index (χ1) is 17.9. The minimum absolute atomic E-state index is 0.0467. The van der Waals surface area contributed by atoms with Crippen molar-refractivity contribution in [3.63, 3.8) is 0 Å². The Balaban J connectivity index is 1.39. The van der Waals surface area contributed by atoms with Crippen LogP contribution in [-0.4, -0.2) is 49.6 Å². The molecule has 0 unspecified atom stereocenters. The molecule has 2 aromatic carbocycles. The lowest BCUT2D eigenvalue weighted by Gasteiger charge is -2.28. The van der Waals surface area contributed by atoms with E-state index in [1.54, 1.807) is 22.8 Å². The number of rotatable bonds is 7. The highest BCUT2D eigenvalue weighted by Crippen LogP contribution is 2.29. The molecule has 0 atom stereocenters. The van der Waals surface area contributed by atoms with Crippen molar-refractivity contribution < 1.29 is 9.59 Å². The van der Waals surface area contributed by atoms with Gasteiger partial charge in [0, 0.05) is 49.3 Å². The summed E-state index contributed by atoms with van der Waals surface area (Å²) >= 11 is 0. The lowest BCUT2D eigenvalue weighted by atomic mass is 10.0. The summed E-state index contributed by atoms with van der Waals surface area (Å²) in [5.74, 6) is 0.848. The number of aromatic nitrogens is 4. The molecule has 4 aromatic rings. The number of hydrogen-bond donors (Lipinski definition) is 0. The van der Waals surface area contributed by atoms with E-state index >= 15 is 0 Å². The van der Waals surface area contributed by atoms with Gasteiger partial charge in [-0.25, -0.2) is 9.67 Å². The van der Waals surface area contributed by atoms with Gasteiger partial charge in [-0.2, -0.15) is 5.10 Å². The first-order valence-electron chi connectivity index (χ1n) is 12.7. The second-order valence-electron chi connectivity index (χ2n) is 9.60. The van der Waals surface area contributed by atoms with Gasteiger partial charge in [0.1, 0.15) is 11.5 Å². The van der Waals surface area contributed by atoms with E-state index in [1.165, 1.54) is 0 Å². The van der Waals surface area contributed by atoms with Crippen LogP contribution in [0, 0.1) is 13.8 Å². The summed E-state index contributed by atoms with van der Waals surface area (Å²) in [6.07, 6.45) is 5.74. The fourth-order valence-electron chi connectivity index (χ4n) is 4.84. The number of nitrogens with zero attached hydrogens (tertiary/aromatic N) is 6. The summed E-state index contributed by atoms with van der Waals surface area (Å²) in [6.45, 7) is 7.05. The Bertz CT molecular complexity index is 1430. The predicted molar refractivity (Wildman–Crippen MR) is 143 cm³/mol. The van der Waals surface area contributed by atoms with Crippen molar-refractivity contribution in [2.45, 2.75) is 46.6 Å². The van der Waals surface area contributed by atoms with Crippen molar-refractivity contribution in [1.82, 2.24) is 24.2 Å². The zero-order valence-corrected chi connectivity index (χ0v) is 21.8. The molecule has 3 heterocycles. The maximum absolute atomic E-state index is 13.7. The van der Waals surface area contributed by atoms with E-state index in [4.69, 9.17) is 5.10 Å². The number of carbonyl (C=O) groups is 2. The normalized spacial score (nSPS) is 13.1. The van der Waals surface area contributed by atoms with Gasteiger partial charge in [0.05, 0.1) is 17.9 Å². The molecule has 2 amide bonds. The number of amides is 2. The van der Waals surface area contributed by atoms with Crippen LogP contribution in [0.25, 0.3) is 11.4 Å². The highest BCUT2D eigenvalue weighted by atomic mass is 16.2. The number of hydrogen-bond acceptors (Lipinski definition) is 4. The number of anilines is 1. The fourth-order valence-corrected chi connectivity index (χ4v) is 4.84. The Labute approximate surface area is 217 Å². The fraction of sp³-hybridized carbons (Fsp3) is 0.310. The first-order valence-corrected chi connectivity index (χ1v) is 12.7. The summed E-state index contributed by atoms with van der Waals surface area (Å²) in [5, 5.41) is 4.71. The first kappa shape index (κ1) is 24.5. The zero-order chi connectivity index (χ0) is 26.1. The molecular weight excluding hydrogens is 464 g/mol. The Morgan fingerprint density at radius 2 is 1.68 bits per heavy atom. The summed E-state index contributed by atoms with van der Waals surface area (Å²) in [6, 6.07) is 16.0. The second kappa shape index (κ2) is 10.0. The van der Waals surface area contributed by atoms with Crippen LogP contribution in [-0.2, 0) is 17.8 Å². The minimum Gasteiger partial charge on any atom is -0.338 e. The van der Waals surface area contributed by atoms with Crippen molar-refractivity contribution in [3.8, 4) is 11.4 Å². The van der Waals surface area contributed by atoms with Crippen molar-refractivity contribution in [2.24, 2.45) is 0 Å². The molecular formula is C29H32N6O2. The molecule has 0 radical (unpaired) electrons. The maximum atomic E-state index is 13.7. The molecule has 37 heavy (non-hydrogen) atoms. The Morgan fingerprint density at radius 1 is 1.00 bits per heavy atom. The van der Waals surface area contributed by atoms with Crippen LogP contribution in [0.2, 0.25) is 0 Å². The van der Waals surface area contributed by atoms with Crippen LogP contribution in [0.15, 0.2) is 60.9 Å². The molecule has 190 valence electrons. The molecule has 1 aliphatic rings. The highest BCUT2D eigenvalue weighted by Gasteiger charge is 2.32. The molecule has 0 bridgehead atoms. The van der Waals surface area contributed by atoms with Crippen molar-refractivity contribution in [2.75, 3.05) is 18.5 Å². The van der Waals surface area contributed by atoms with Crippen molar-refractivity contribution in [1.29, 1.82) is 0 Å². The summed E-state index contributed by atoms with van der Waals surface area (Å²) in [7, 11) is 1.80. The molecule has 0 saturated heterocycles.